The standard InChI is InChI=1S/C11H13NO2/c1-8(2)6-10(13)9-7-12-5-4-11(9)14-3/h4-7H,1-3H3. The summed E-state index contributed by atoms with van der Waals surface area (Å²) in [6, 6.07) is 1.67. The van der Waals surface area contributed by atoms with E-state index in [0.29, 0.717) is 11.3 Å². The molecule has 0 radical (unpaired) electrons. The molecule has 0 amide bonds. The van der Waals surface area contributed by atoms with Crippen LogP contribution in [0.2, 0.25) is 0 Å². The van der Waals surface area contributed by atoms with E-state index in [4.69, 9.17) is 4.74 Å². The zero-order valence-corrected chi connectivity index (χ0v) is 8.57. The molecule has 1 aromatic rings. The predicted octanol–water partition coefficient (Wildman–Crippen LogP) is 2.24. The summed E-state index contributed by atoms with van der Waals surface area (Å²) < 4.78 is 5.06. The third kappa shape index (κ3) is 2.42. The van der Waals surface area contributed by atoms with Gasteiger partial charge >= 0.3 is 0 Å². The summed E-state index contributed by atoms with van der Waals surface area (Å²) in [7, 11) is 1.54. The number of carbonyl (C=O) groups is 1. The largest absolute Gasteiger partial charge is 0.496 e. The van der Waals surface area contributed by atoms with E-state index in [9.17, 15) is 4.79 Å². The molecule has 0 saturated carbocycles. The van der Waals surface area contributed by atoms with Crippen LogP contribution in [0.3, 0.4) is 0 Å². The molecule has 1 rings (SSSR count). The molecule has 0 N–H and O–H groups in total. The molecule has 0 unspecified atom stereocenters. The lowest BCUT2D eigenvalue weighted by molar-refractivity contribution is 0.104. The van der Waals surface area contributed by atoms with Crippen LogP contribution in [0.15, 0.2) is 30.1 Å². The van der Waals surface area contributed by atoms with E-state index in [-0.39, 0.29) is 5.78 Å². The van der Waals surface area contributed by atoms with Gasteiger partial charge in [-0.3, -0.25) is 9.78 Å². The Hall–Kier alpha value is -1.64. The second-order valence-electron chi connectivity index (χ2n) is 3.16. The summed E-state index contributed by atoms with van der Waals surface area (Å²) >= 11 is 0. The van der Waals surface area contributed by atoms with Crippen molar-refractivity contribution in [2.45, 2.75) is 13.8 Å². The first-order valence-corrected chi connectivity index (χ1v) is 4.32. The Kier molecular flexibility index (Phi) is 3.40. The van der Waals surface area contributed by atoms with Crippen LogP contribution in [0, 0.1) is 0 Å². The fourth-order valence-electron chi connectivity index (χ4n) is 1.08. The van der Waals surface area contributed by atoms with Crippen LogP contribution in [0.4, 0.5) is 0 Å². The van der Waals surface area contributed by atoms with Crippen LogP contribution in [0.5, 0.6) is 5.75 Å². The normalized spacial score (nSPS) is 9.36. The van der Waals surface area contributed by atoms with E-state index in [1.54, 1.807) is 18.3 Å². The van der Waals surface area contributed by atoms with E-state index < -0.39 is 0 Å². The maximum atomic E-state index is 11.6. The summed E-state index contributed by atoms with van der Waals surface area (Å²) in [5.41, 5.74) is 1.46. The molecule has 0 aromatic carbocycles. The van der Waals surface area contributed by atoms with Gasteiger partial charge in [-0.25, -0.2) is 0 Å². The average Bonchev–Trinajstić information content (AvgIpc) is 2.16. The Balaban J connectivity index is 3.06. The lowest BCUT2D eigenvalue weighted by atomic mass is 10.1. The van der Waals surface area contributed by atoms with Crippen LogP contribution >= 0.6 is 0 Å². The van der Waals surface area contributed by atoms with Gasteiger partial charge in [0.1, 0.15) is 5.75 Å². The van der Waals surface area contributed by atoms with Crippen molar-refractivity contribution >= 4 is 5.78 Å². The Labute approximate surface area is 83.4 Å². The van der Waals surface area contributed by atoms with Crippen molar-refractivity contribution in [3.63, 3.8) is 0 Å². The molecule has 1 heterocycles. The Morgan fingerprint density at radius 2 is 2.21 bits per heavy atom. The molecular formula is C11H13NO2. The van der Waals surface area contributed by atoms with Gasteiger partial charge in [0.05, 0.1) is 12.7 Å². The molecule has 0 fully saturated rings. The molecule has 0 aliphatic rings. The Morgan fingerprint density at radius 1 is 1.50 bits per heavy atom. The topological polar surface area (TPSA) is 39.2 Å². The third-order valence-electron chi connectivity index (χ3n) is 1.69. The van der Waals surface area contributed by atoms with Crippen LogP contribution in [-0.2, 0) is 0 Å². The van der Waals surface area contributed by atoms with Crippen molar-refractivity contribution in [3.8, 4) is 5.75 Å². The van der Waals surface area contributed by atoms with E-state index >= 15 is 0 Å². The maximum Gasteiger partial charge on any atom is 0.191 e. The van der Waals surface area contributed by atoms with E-state index in [1.165, 1.54) is 13.3 Å². The van der Waals surface area contributed by atoms with Gasteiger partial charge in [-0.05, 0) is 26.0 Å². The lowest BCUT2D eigenvalue weighted by Gasteiger charge is -2.03. The molecule has 0 aliphatic carbocycles. The van der Waals surface area contributed by atoms with Crippen LogP contribution in [0.25, 0.3) is 0 Å². The highest BCUT2D eigenvalue weighted by molar-refractivity contribution is 6.06. The number of ether oxygens (including phenoxy) is 1. The average molecular weight is 191 g/mol. The molecule has 0 atom stereocenters. The van der Waals surface area contributed by atoms with E-state index in [2.05, 4.69) is 4.98 Å². The van der Waals surface area contributed by atoms with Gasteiger partial charge in [-0.15, -0.1) is 0 Å². The molecule has 74 valence electrons. The quantitative estimate of drug-likeness (QED) is 0.543. The van der Waals surface area contributed by atoms with Crippen LogP contribution in [-0.4, -0.2) is 17.9 Å². The number of nitrogens with zero attached hydrogens (tertiary/aromatic N) is 1. The molecule has 0 spiro atoms. The van der Waals surface area contributed by atoms with Gasteiger partial charge in [0, 0.05) is 12.4 Å². The van der Waals surface area contributed by atoms with E-state index in [0.717, 1.165) is 5.57 Å². The number of aromatic nitrogens is 1. The van der Waals surface area contributed by atoms with Gasteiger partial charge in [-0.2, -0.15) is 0 Å². The van der Waals surface area contributed by atoms with Gasteiger partial charge in [0.2, 0.25) is 0 Å². The second kappa shape index (κ2) is 4.56. The van der Waals surface area contributed by atoms with Crippen molar-refractivity contribution in [3.05, 3.63) is 35.7 Å². The predicted molar refractivity (Wildman–Crippen MR) is 54.6 cm³/mol. The Bertz CT molecular complexity index is 365. The molecule has 0 bridgehead atoms. The Morgan fingerprint density at radius 3 is 2.79 bits per heavy atom. The fourth-order valence-corrected chi connectivity index (χ4v) is 1.08. The molecular weight excluding hydrogens is 178 g/mol. The SMILES string of the molecule is COc1ccncc1C(=O)C=C(C)C. The monoisotopic (exact) mass is 191 g/mol. The summed E-state index contributed by atoms with van der Waals surface area (Å²) in [6.45, 7) is 3.75. The summed E-state index contributed by atoms with van der Waals surface area (Å²) in [6.07, 6.45) is 4.68. The number of methoxy groups -OCH3 is 1. The molecule has 14 heavy (non-hydrogen) atoms. The first-order chi connectivity index (χ1) is 6.65. The van der Waals surface area contributed by atoms with Gasteiger partial charge in [0.25, 0.3) is 0 Å². The van der Waals surface area contributed by atoms with Crippen LogP contribution < -0.4 is 4.74 Å². The number of ketones is 1. The smallest absolute Gasteiger partial charge is 0.191 e. The number of hydrogen-bond donors (Lipinski definition) is 0. The lowest BCUT2D eigenvalue weighted by Crippen LogP contribution is -2.00. The summed E-state index contributed by atoms with van der Waals surface area (Å²) in [5, 5.41) is 0. The minimum absolute atomic E-state index is 0.0741. The van der Waals surface area contributed by atoms with Gasteiger partial charge in [-0.1, -0.05) is 5.57 Å². The number of allylic oxidation sites excluding steroid dienone is 2. The number of pyridine rings is 1. The van der Waals surface area contributed by atoms with Crippen LogP contribution in [0.1, 0.15) is 24.2 Å². The van der Waals surface area contributed by atoms with Gasteiger partial charge < -0.3 is 4.74 Å². The molecule has 1 aromatic heterocycles. The molecule has 3 nitrogen and oxygen atoms in total. The molecule has 3 heteroatoms. The molecule has 0 aliphatic heterocycles. The first-order valence-electron chi connectivity index (χ1n) is 4.32. The zero-order valence-electron chi connectivity index (χ0n) is 8.57. The number of carbonyl (C=O) groups excluding carboxylic acids is 1. The van der Waals surface area contributed by atoms with E-state index in [1.807, 2.05) is 13.8 Å². The zero-order chi connectivity index (χ0) is 10.6. The highest BCUT2D eigenvalue weighted by Gasteiger charge is 2.08. The minimum atomic E-state index is -0.0741. The van der Waals surface area contributed by atoms with Crippen molar-refractivity contribution in [2.24, 2.45) is 0 Å². The van der Waals surface area contributed by atoms with Crippen molar-refractivity contribution in [2.75, 3.05) is 7.11 Å². The highest BCUT2D eigenvalue weighted by atomic mass is 16.5. The first kappa shape index (κ1) is 10.4. The minimum Gasteiger partial charge on any atom is -0.496 e. The maximum absolute atomic E-state index is 11.6. The van der Waals surface area contributed by atoms with Crippen molar-refractivity contribution < 1.29 is 9.53 Å². The van der Waals surface area contributed by atoms with Crippen molar-refractivity contribution in [1.29, 1.82) is 0 Å². The second-order valence-corrected chi connectivity index (χ2v) is 3.16. The number of hydrogen-bond acceptors (Lipinski definition) is 3. The van der Waals surface area contributed by atoms with Crippen molar-refractivity contribution in [1.82, 2.24) is 4.98 Å². The van der Waals surface area contributed by atoms with Gasteiger partial charge in [0.15, 0.2) is 5.78 Å². The fraction of sp³-hybridized carbons (Fsp3) is 0.273. The number of rotatable bonds is 3. The molecule has 0 saturated heterocycles. The summed E-state index contributed by atoms with van der Waals surface area (Å²) in [5.74, 6) is 0.484. The summed E-state index contributed by atoms with van der Waals surface area (Å²) in [4.78, 5) is 15.5. The third-order valence-corrected chi connectivity index (χ3v) is 1.69. The highest BCUT2D eigenvalue weighted by Crippen LogP contribution is 2.17.